The van der Waals surface area contributed by atoms with E-state index < -0.39 is 21.5 Å². The summed E-state index contributed by atoms with van der Waals surface area (Å²) < 4.78 is 0.238. The molecule has 0 spiro atoms. The second kappa shape index (κ2) is 15.2. The molecule has 0 heterocycles. The molecule has 263 valence electrons. The van der Waals surface area contributed by atoms with Crippen LogP contribution in [0.4, 0.5) is 0 Å². The second-order valence-electron chi connectivity index (χ2n) is 15.5. The molecule has 4 aromatic rings. The third-order valence-corrected chi connectivity index (χ3v) is 63.8. The summed E-state index contributed by atoms with van der Waals surface area (Å²) in [5.74, 6) is -1.66. The molecule has 4 heteroatoms. The molecule has 0 amide bonds. The predicted octanol–water partition coefficient (Wildman–Crippen LogP) is 14.7. The molecule has 4 aromatic carbocycles. The van der Waals surface area contributed by atoms with Gasteiger partial charge in [-0.3, -0.25) is 0 Å². The third-order valence-electron chi connectivity index (χ3n) is 11.9. The van der Waals surface area contributed by atoms with Crippen LogP contribution in [0.3, 0.4) is 0 Å². The van der Waals surface area contributed by atoms with Crippen molar-refractivity contribution >= 4 is 35.1 Å². The summed E-state index contributed by atoms with van der Waals surface area (Å²) in [5.41, 5.74) is 19.7. The fourth-order valence-electron chi connectivity index (χ4n) is 9.56. The minimum absolute atomic E-state index is 0.119. The Morgan fingerprint density at radius 2 is 0.920 bits per heavy atom. The topological polar surface area (TPSA) is 0 Å². The second-order valence-corrected chi connectivity index (χ2v) is 58.0. The zero-order chi connectivity index (χ0) is 35.8. The number of aryl methyl sites for hydroxylation is 4. The Balaban J connectivity index is 1.66. The van der Waals surface area contributed by atoms with Crippen LogP contribution in [0.5, 0.6) is 0 Å². The molecule has 0 aliphatic heterocycles. The van der Waals surface area contributed by atoms with Crippen LogP contribution in [-0.4, -0.2) is 5.92 Å². The number of allylic oxidation sites excluding steroid dienone is 2. The van der Waals surface area contributed by atoms with Gasteiger partial charge in [-0.05, 0) is 0 Å². The number of rotatable bonds is 13. The van der Waals surface area contributed by atoms with E-state index in [1.54, 1.807) is 0 Å². The van der Waals surface area contributed by atoms with Crippen LogP contribution >= 0.6 is 17.0 Å². The van der Waals surface area contributed by atoms with Gasteiger partial charge in [0.25, 0.3) is 0 Å². The van der Waals surface area contributed by atoms with Gasteiger partial charge in [-0.1, -0.05) is 0 Å². The van der Waals surface area contributed by atoms with E-state index in [-0.39, 0.29) is 7.25 Å². The van der Waals surface area contributed by atoms with Crippen molar-refractivity contribution in [1.29, 1.82) is 0 Å². The molecule has 0 fully saturated rings. The predicted molar refractivity (Wildman–Crippen MR) is 223 cm³/mol. The van der Waals surface area contributed by atoms with Gasteiger partial charge in [-0.25, -0.2) is 0 Å². The summed E-state index contributed by atoms with van der Waals surface area (Å²) in [6, 6.07) is 27.7. The molecule has 0 bridgehead atoms. The molecule has 50 heavy (non-hydrogen) atoms. The van der Waals surface area contributed by atoms with Crippen molar-refractivity contribution in [3.63, 3.8) is 0 Å². The first-order valence-corrected chi connectivity index (χ1v) is 35.7. The Morgan fingerprint density at radius 1 is 0.540 bits per heavy atom. The van der Waals surface area contributed by atoms with Crippen LogP contribution in [0.15, 0.2) is 83.9 Å². The van der Waals surface area contributed by atoms with Gasteiger partial charge in [0.05, 0.1) is 0 Å². The molecule has 2 unspecified atom stereocenters. The van der Waals surface area contributed by atoms with Crippen molar-refractivity contribution in [2.75, 3.05) is 0 Å². The molecular formula is C46H57Cl2SiZr. The van der Waals surface area contributed by atoms with E-state index in [2.05, 4.69) is 140 Å². The molecule has 0 N–H and O–H groups in total. The number of hydrogen-bond donors (Lipinski definition) is 0. The first-order valence-electron chi connectivity index (χ1n) is 19.4. The Morgan fingerprint density at radius 3 is 1.26 bits per heavy atom. The number of halogens is 2. The van der Waals surface area contributed by atoms with Crippen LogP contribution in [0.25, 0.3) is 34.4 Å². The molecule has 0 aromatic heterocycles. The SMILES string of the molecule is CCCC1=Cc2c(ccc(CCC)c2-c2ccccc2C)[CH]1[Zr]([Cl])([Cl])([CH]1C(CCC)=Cc2c1ccc(CCC)c2-c1ccccc1C)[SiH](C)C. The molecular weight excluding hydrogens is 743 g/mol. The minimum atomic E-state index is -4.90. The summed E-state index contributed by atoms with van der Waals surface area (Å²) >= 11 is -4.90. The van der Waals surface area contributed by atoms with E-state index in [0.717, 1.165) is 51.4 Å². The quantitative estimate of drug-likeness (QED) is 0.118. The van der Waals surface area contributed by atoms with Crippen LogP contribution < -0.4 is 0 Å². The van der Waals surface area contributed by atoms with Gasteiger partial charge in [0.2, 0.25) is 0 Å². The van der Waals surface area contributed by atoms with Gasteiger partial charge in [0, 0.05) is 0 Å². The van der Waals surface area contributed by atoms with Crippen molar-refractivity contribution in [1.82, 2.24) is 0 Å². The number of fused-ring (bicyclic) bond motifs is 2. The molecule has 2 aliphatic rings. The molecule has 0 radical (unpaired) electrons. The third kappa shape index (κ3) is 6.27. The van der Waals surface area contributed by atoms with Gasteiger partial charge < -0.3 is 0 Å². The summed E-state index contributed by atoms with van der Waals surface area (Å²) in [6.45, 7) is 18.8. The molecule has 0 saturated carbocycles. The Labute approximate surface area is 312 Å². The summed E-state index contributed by atoms with van der Waals surface area (Å²) in [6.07, 6.45) is 13.8. The Kier molecular flexibility index (Phi) is 11.5. The zero-order valence-corrected chi connectivity index (χ0v) is 36.9. The average molecular weight is 800 g/mol. The van der Waals surface area contributed by atoms with E-state index in [1.165, 1.54) is 77.9 Å². The van der Waals surface area contributed by atoms with Crippen molar-refractivity contribution < 1.29 is 15.6 Å². The molecule has 0 saturated heterocycles. The Bertz CT molecular complexity index is 1830. The van der Waals surface area contributed by atoms with E-state index in [9.17, 15) is 0 Å². The molecule has 0 nitrogen and oxygen atoms in total. The normalized spacial score (nSPS) is 17.7. The van der Waals surface area contributed by atoms with E-state index in [1.807, 2.05) is 0 Å². The molecule has 6 rings (SSSR count). The van der Waals surface area contributed by atoms with Gasteiger partial charge in [0.1, 0.15) is 0 Å². The standard InChI is InChI=1S/2C22H25.C2H7Si.2ClH.Zr/c2*1-4-8-17-14-19-13-12-18(9-5-2)22(21(19)15-17)20-11-7-6-10-16(20)3;1-3-2;;;/h2*6-7,10-15H,4-5,8-9H2,1-3H3;3H,1-2H3;2*1H;/q;;;;;+2/p-2. The first kappa shape index (κ1) is 37.8. The maximum atomic E-state index is 8.87. The summed E-state index contributed by atoms with van der Waals surface area (Å²) in [4.78, 5) is 0. The van der Waals surface area contributed by atoms with E-state index in [0.29, 0.717) is 0 Å². The van der Waals surface area contributed by atoms with E-state index >= 15 is 0 Å². The van der Waals surface area contributed by atoms with Gasteiger partial charge in [0.15, 0.2) is 0 Å². The summed E-state index contributed by atoms with van der Waals surface area (Å²) in [5, 5.41) is 0. The van der Waals surface area contributed by atoms with Gasteiger partial charge >= 0.3 is 315 Å². The number of benzene rings is 4. The van der Waals surface area contributed by atoms with Crippen LogP contribution in [0.2, 0.25) is 13.1 Å². The average Bonchev–Trinajstić information content (AvgIpc) is 3.65. The maximum absolute atomic E-state index is 8.87. The zero-order valence-electron chi connectivity index (χ0n) is 31.7. The van der Waals surface area contributed by atoms with Crippen molar-refractivity contribution in [2.24, 2.45) is 0 Å². The van der Waals surface area contributed by atoms with E-state index in [4.69, 9.17) is 17.0 Å². The van der Waals surface area contributed by atoms with Crippen LogP contribution in [-0.2, 0) is 28.4 Å². The molecule has 2 atom stereocenters. The Hall–Kier alpha value is -1.96. The van der Waals surface area contributed by atoms with Crippen molar-refractivity contribution in [3.8, 4) is 22.3 Å². The molecule has 2 aliphatic carbocycles. The monoisotopic (exact) mass is 797 g/mol. The fourth-order valence-corrected chi connectivity index (χ4v) is 41.1. The van der Waals surface area contributed by atoms with Crippen LogP contribution in [0.1, 0.15) is 118 Å². The van der Waals surface area contributed by atoms with Gasteiger partial charge in [-0.15, -0.1) is 0 Å². The first-order chi connectivity index (χ1) is 24.0. The van der Waals surface area contributed by atoms with Crippen LogP contribution in [0, 0.1) is 13.8 Å². The van der Waals surface area contributed by atoms with Crippen molar-refractivity contribution in [2.45, 2.75) is 113 Å². The van der Waals surface area contributed by atoms with Gasteiger partial charge in [-0.2, -0.15) is 0 Å². The summed E-state index contributed by atoms with van der Waals surface area (Å²) in [7, 11) is 17.7. The fraction of sp³-hybridized carbons (Fsp3) is 0.391. The van der Waals surface area contributed by atoms with Crippen molar-refractivity contribution in [3.05, 3.63) is 128 Å². The number of hydrogen-bond acceptors (Lipinski definition) is 0.